The van der Waals surface area contributed by atoms with Crippen molar-refractivity contribution in [1.82, 2.24) is 19.7 Å². The van der Waals surface area contributed by atoms with Crippen LogP contribution in [0.3, 0.4) is 0 Å². The Balaban J connectivity index is 1.66. The molecule has 0 saturated carbocycles. The summed E-state index contributed by atoms with van der Waals surface area (Å²) >= 11 is 13.5. The summed E-state index contributed by atoms with van der Waals surface area (Å²) in [5.74, 6) is 0.239. The summed E-state index contributed by atoms with van der Waals surface area (Å²) in [5, 5.41) is 10.0. The fourth-order valence-electron chi connectivity index (χ4n) is 2.76. The fourth-order valence-corrected chi connectivity index (χ4v) is 4.09. The molecular weight excluding hydrogens is 415 g/mol. The standard InChI is InChI=1S/C20H20Cl2N4OS/c1-3-14-6-4-5-7-18(14)26-13-23-24-20(26)28-12-19(27)25(2)11-15-8-9-16(21)10-17(15)22/h4-10,13H,3,11-12H2,1-2H3. The molecule has 0 atom stereocenters. The molecule has 0 fully saturated rings. The number of halogens is 2. The second-order valence-corrected chi connectivity index (χ2v) is 8.03. The molecule has 0 aliphatic rings. The summed E-state index contributed by atoms with van der Waals surface area (Å²) in [5.41, 5.74) is 3.09. The van der Waals surface area contributed by atoms with Gasteiger partial charge in [0.2, 0.25) is 5.91 Å². The highest BCUT2D eigenvalue weighted by atomic mass is 35.5. The van der Waals surface area contributed by atoms with Gasteiger partial charge in [0.05, 0.1) is 11.4 Å². The van der Waals surface area contributed by atoms with E-state index in [-0.39, 0.29) is 11.7 Å². The van der Waals surface area contributed by atoms with E-state index >= 15 is 0 Å². The maximum Gasteiger partial charge on any atom is 0.233 e. The predicted molar refractivity (Wildman–Crippen MR) is 114 cm³/mol. The number of carbonyl (C=O) groups excluding carboxylic acids is 1. The zero-order chi connectivity index (χ0) is 20.1. The molecule has 5 nitrogen and oxygen atoms in total. The first-order valence-corrected chi connectivity index (χ1v) is 10.5. The molecule has 1 amide bonds. The predicted octanol–water partition coefficient (Wildman–Crippen LogP) is 4.89. The first-order valence-electron chi connectivity index (χ1n) is 8.78. The molecule has 0 saturated heterocycles. The lowest BCUT2D eigenvalue weighted by atomic mass is 10.1. The van der Waals surface area contributed by atoms with Gasteiger partial charge in [-0.2, -0.15) is 0 Å². The average molecular weight is 435 g/mol. The number of benzene rings is 2. The van der Waals surface area contributed by atoms with Crippen molar-refractivity contribution in [3.63, 3.8) is 0 Å². The van der Waals surface area contributed by atoms with Crippen molar-refractivity contribution in [2.45, 2.75) is 25.0 Å². The van der Waals surface area contributed by atoms with E-state index in [9.17, 15) is 4.79 Å². The molecule has 146 valence electrons. The van der Waals surface area contributed by atoms with Crippen LogP contribution in [0.5, 0.6) is 0 Å². The van der Waals surface area contributed by atoms with Crippen molar-refractivity contribution < 1.29 is 4.79 Å². The van der Waals surface area contributed by atoms with Crippen molar-refractivity contribution in [3.05, 3.63) is 70.0 Å². The third-order valence-corrected chi connectivity index (χ3v) is 5.84. The molecule has 0 spiro atoms. The van der Waals surface area contributed by atoms with Crippen molar-refractivity contribution in [2.75, 3.05) is 12.8 Å². The molecule has 1 aromatic heterocycles. The number of hydrogen-bond donors (Lipinski definition) is 0. The molecule has 0 aliphatic carbocycles. The van der Waals surface area contributed by atoms with Crippen LogP contribution >= 0.6 is 35.0 Å². The van der Waals surface area contributed by atoms with E-state index < -0.39 is 0 Å². The monoisotopic (exact) mass is 434 g/mol. The number of nitrogens with zero attached hydrogens (tertiary/aromatic N) is 4. The molecule has 8 heteroatoms. The maximum atomic E-state index is 12.6. The minimum absolute atomic E-state index is 0.0191. The molecule has 0 radical (unpaired) electrons. The number of hydrogen-bond acceptors (Lipinski definition) is 4. The van der Waals surface area contributed by atoms with E-state index in [4.69, 9.17) is 23.2 Å². The minimum atomic E-state index is -0.0191. The van der Waals surface area contributed by atoms with Gasteiger partial charge in [0.15, 0.2) is 5.16 Å². The van der Waals surface area contributed by atoms with Gasteiger partial charge in [0.25, 0.3) is 0 Å². The summed E-state index contributed by atoms with van der Waals surface area (Å²) in [6.45, 7) is 2.52. The third kappa shape index (κ3) is 4.87. The van der Waals surface area contributed by atoms with Gasteiger partial charge < -0.3 is 4.90 Å². The lowest BCUT2D eigenvalue weighted by Crippen LogP contribution is -2.28. The molecule has 0 bridgehead atoms. The lowest BCUT2D eigenvalue weighted by molar-refractivity contribution is -0.127. The van der Waals surface area contributed by atoms with Crippen LogP contribution in [-0.4, -0.2) is 38.4 Å². The Bertz CT molecular complexity index is 976. The van der Waals surface area contributed by atoms with Gasteiger partial charge in [0.1, 0.15) is 6.33 Å². The highest BCUT2D eigenvalue weighted by molar-refractivity contribution is 7.99. The van der Waals surface area contributed by atoms with E-state index in [0.717, 1.165) is 17.7 Å². The SMILES string of the molecule is CCc1ccccc1-n1cnnc1SCC(=O)N(C)Cc1ccc(Cl)cc1Cl. The number of para-hydroxylation sites is 1. The van der Waals surface area contributed by atoms with Crippen LogP contribution in [0, 0.1) is 0 Å². The maximum absolute atomic E-state index is 12.6. The quantitative estimate of drug-likeness (QED) is 0.496. The Morgan fingerprint density at radius 2 is 1.96 bits per heavy atom. The molecule has 0 unspecified atom stereocenters. The molecule has 3 aromatic rings. The smallest absolute Gasteiger partial charge is 0.233 e. The minimum Gasteiger partial charge on any atom is -0.341 e. The van der Waals surface area contributed by atoms with Crippen molar-refractivity contribution in [1.29, 1.82) is 0 Å². The van der Waals surface area contributed by atoms with Crippen molar-refractivity contribution in [3.8, 4) is 5.69 Å². The molecule has 1 heterocycles. The second kappa shape index (κ2) is 9.45. The summed E-state index contributed by atoms with van der Waals surface area (Å²) in [4.78, 5) is 14.2. The average Bonchev–Trinajstić information content (AvgIpc) is 3.16. The van der Waals surface area contributed by atoms with Gasteiger partial charge in [-0.1, -0.05) is 66.2 Å². The number of thioether (sulfide) groups is 1. The number of carbonyl (C=O) groups is 1. The van der Waals surface area contributed by atoms with Gasteiger partial charge >= 0.3 is 0 Å². The van der Waals surface area contributed by atoms with Crippen LogP contribution in [-0.2, 0) is 17.8 Å². The van der Waals surface area contributed by atoms with Gasteiger partial charge in [-0.25, -0.2) is 0 Å². The first-order chi connectivity index (χ1) is 13.5. The topological polar surface area (TPSA) is 51.0 Å². The van der Waals surface area contributed by atoms with Crippen LogP contribution in [0.25, 0.3) is 5.69 Å². The number of amides is 1. The Hall–Kier alpha value is -2.02. The van der Waals surface area contributed by atoms with E-state index in [0.29, 0.717) is 21.7 Å². The van der Waals surface area contributed by atoms with E-state index in [1.54, 1.807) is 30.4 Å². The van der Waals surface area contributed by atoms with Gasteiger partial charge in [0, 0.05) is 23.6 Å². The Morgan fingerprint density at radius 3 is 2.71 bits per heavy atom. The van der Waals surface area contributed by atoms with Gasteiger partial charge in [-0.15, -0.1) is 10.2 Å². The largest absolute Gasteiger partial charge is 0.341 e. The lowest BCUT2D eigenvalue weighted by Gasteiger charge is -2.18. The van der Waals surface area contributed by atoms with Gasteiger partial charge in [-0.3, -0.25) is 9.36 Å². The second-order valence-electron chi connectivity index (χ2n) is 6.24. The molecule has 2 aromatic carbocycles. The van der Waals surface area contributed by atoms with E-state index in [2.05, 4.69) is 23.2 Å². The first kappa shape index (κ1) is 20.7. The highest BCUT2D eigenvalue weighted by Gasteiger charge is 2.15. The van der Waals surface area contributed by atoms with Crippen LogP contribution in [0.1, 0.15) is 18.1 Å². The summed E-state index contributed by atoms with van der Waals surface area (Å²) in [7, 11) is 1.75. The summed E-state index contributed by atoms with van der Waals surface area (Å²) < 4.78 is 1.92. The summed E-state index contributed by atoms with van der Waals surface area (Å²) in [6, 6.07) is 13.4. The van der Waals surface area contributed by atoms with Crippen molar-refractivity contribution >= 4 is 40.9 Å². The zero-order valence-electron chi connectivity index (χ0n) is 15.6. The molecule has 28 heavy (non-hydrogen) atoms. The Kier molecular flexibility index (Phi) is 6.99. The number of rotatable bonds is 7. The normalized spacial score (nSPS) is 10.9. The van der Waals surface area contributed by atoms with Crippen LogP contribution < -0.4 is 0 Å². The van der Waals surface area contributed by atoms with Crippen LogP contribution in [0.2, 0.25) is 10.0 Å². The Morgan fingerprint density at radius 1 is 1.18 bits per heavy atom. The van der Waals surface area contributed by atoms with Gasteiger partial charge in [-0.05, 0) is 35.7 Å². The molecule has 3 rings (SSSR count). The summed E-state index contributed by atoms with van der Waals surface area (Å²) in [6.07, 6.45) is 2.58. The van der Waals surface area contributed by atoms with Crippen LogP contribution in [0.4, 0.5) is 0 Å². The van der Waals surface area contributed by atoms with Crippen molar-refractivity contribution in [2.24, 2.45) is 0 Å². The van der Waals surface area contributed by atoms with E-state index in [1.165, 1.54) is 17.3 Å². The third-order valence-electron chi connectivity index (χ3n) is 4.32. The number of aryl methyl sites for hydroxylation is 1. The molecule has 0 aliphatic heterocycles. The number of aromatic nitrogens is 3. The fraction of sp³-hybridized carbons (Fsp3) is 0.250. The molecular formula is C20H20Cl2N4OS. The van der Waals surface area contributed by atoms with E-state index in [1.807, 2.05) is 28.8 Å². The molecule has 0 N–H and O–H groups in total. The Labute approximate surface area is 178 Å². The highest BCUT2D eigenvalue weighted by Crippen LogP contribution is 2.24. The zero-order valence-corrected chi connectivity index (χ0v) is 17.9. The van der Waals surface area contributed by atoms with Crippen LogP contribution in [0.15, 0.2) is 53.9 Å².